The van der Waals surface area contributed by atoms with Gasteiger partial charge in [0.2, 0.25) is 0 Å². The first-order chi connectivity index (χ1) is 8.83. The molecule has 0 bridgehead atoms. The molecular formula is C14H17ClN2O. The topological polar surface area (TPSA) is 34.1 Å². The van der Waals surface area contributed by atoms with Gasteiger partial charge in [-0.25, -0.2) is 4.98 Å². The Morgan fingerprint density at radius 2 is 2.11 bits per heavy atom. The van der Waals surface area contributed by atoms with Crippen molar-refractivity contribution in [3.8, 4) is 0 Å². The zero-order valence-electron chi connectivity index (χ0n) is 10.4. The molecule has 2 aromatic rings. The third-order valence-electron chi connectivity index (χ3n) is 2.78. The summed E-state index contributed by atoms with van der Waals surface area (Å²) in [5.41, 5.74) is 0.990. The molecule has 0 saturated heterocycles. The van der Waals surface area contributed by atoms with Crippen LogP contribution >= 0.6 is 11.6 Å². The number of rotatable bonds is 6. The molecule has 0 aliphatic heterocycles. The molecule has 0 fully saturated rings. The number of fused-ring (bicyclic) bond motifs is 1. The summed E-state index contributed by atoms with van der Waals surface area (Å²) in [4.78, 5) is 4.57. The third-order valence-corrected chi connectivity index (χ3v) is 2.99. The lowest BCUT2D eigenvalue weighted by Crippen LogP contribution is -2.25. The van der Waals surface area contributed by atoms with Gasteiger partial charge in [-0.3, -0.25) is 0 Å². The summed E-state index contributed by atoms with van der Waals surface area (Å²) < 4.78 is 5.17. The molecule has 0 aliphatic rings. The predicted octanol–water partition coefficient (Wildman–Crippen LogP) is 3.29. The van der Waals surface area contributed by atoms with E-state index in [-0.39, 0.29) is 6.04 Å². The average molecular weight is 265 g/mol. The maximum Gasteiger partial charge on any atom is 0.126 e. The second-order valence-electron chi connectivity index (χ2n) is 4.16. The van der Waals surface area contributed by atoms with E-state index in [0.717, 1.165) is 23.1 Å². The van der Waals surface area contributed by atoms with Crippen molar-refractivity contribution in [3.63, 3.8) is 0 Å². The van der Waals surface area contributed by atoms with Gasteiger partial charge in [-0.2, -0.15) is 0 Å². The molecule has 2 rings (SSSR count). The Morgan fingerprint density at radius 1 is 1.28 bits per heavy atom. The van der Waals surface area contributed by atoms with Crippen LogP contribution in [0.1, 0.15) is 6.42 Å². The van der Waals surface area contributed by atoms with E-state index in [1.54, 1.807) is 7.11 Å². The van der Waals surface area contributed by atoms with Crippen LogP contribution in [-0.2, 0) is 4.74 Å². The lowest BCUT2D eigenvalue weighted by atomic mass is 10.2. The molecule has 0 saturated carbocycles. The molecule has 0 amide bonds. The number of alkyl halides is 1. The fourth-order valence-electron chi connectivity index (χ4n) is 1.89. The minimum Gasteiger partial charge on any atom is -0.383 e. The fourth-order valence-corrected chi connectivity index (χ4v) is 2.15. The Balaban J connectivity index is 2.14. The van der Waals surface area contributed by atoms with Gasteiger partial charge in [-0.05, 0) is 24.6 Å². The van der Waals surface area contributed by atoms with Gasteiger partial charge in [-0.1, -0.05) is 18.2 Å². The SMILES string of the molecule is COCC(CCCl)Nc1ccc2ccccc2n1. The first kappa shape index (κ1) is 13.1. The summed E-state index contributed by atoms with van der Waals surface area (Å²) >= 11 is 5.78. The summed E-state index contributed by atoms with van der Waals surface area (Å²) in [5.74, 6) is 1.47. The Bertz CT molecular complexity index is 498. The van der Waals surface area contributed by atoms with Crippen molar-refractivity contribution in [1.82, 2.24) is 4.98 Å². The number of nitrogens with one attached hydrogen (secondary N) is 1. The van der Waals surface area contributed by atoms with Crippen LogP contribution in [0.25, 0.3) is 10.9 Å². The van der Waals surface area contributed by atoms with E-state index in [1.807, 2.05) is 24.3 Å². The van der Waals surface area contributed by atoms with E-state index >= 15 is 0 Å². The number of pyridine rings is 1. The average Bonchev–Trinajstić information content (AvgIpc) is 2.39. The normalized spacial score (nSPS) is 12.6. The van der Waals surface area contributed by atoms with E-state index in [9.17, 15) is 0 Å². The Hall–Kier alpha value is -1.32. The monoisotopic (exact) mass is 264 g/mol. The highest BCUT2D eigenvalue weighted by Crippen LogP contribution is 2.15. The van der Waals surface area contributed by atoms with Crippen molar-refractivity contribution in [2.45, 2.75) is 12.5 Å². The number of hydrogen-bond donors (Lipinski definition) is 1. The van der Waals surface area contributed by atoms with Crippen LogP contribution in [0.2, 0.25) is 0 Å². The molecule has 1 aromatic carbocycles. The highest BCUT2D eigenvalue weighted by atomic mass is 35.5. The van der Waals surface area contributed by atoms with Crippen LogP contribution in [0.3, 0.4) is 0 Å². The van der Waals surface area contributed by atoms with E-state index in [0.29, 0.717) is 12.5 Å². The Kier molecular flexibility index (Phi) is 4.79. The van der Waals surface area contributed by atoms with Gasteiger partial charge in [0.05, 0.1) is 18.2 Å². The van der Waals surface area contributed by atoms with Gasteiger partial charge in [0.1, 0.15) is 5.82 Å². The molecule has 1 aromatic heterocycles. The number of aromatic nitrogens is 1. The molecule has 0 spiro atoms. The number of nitrogens with zero attached hydrogens (tertiary/aromatic N) is 1. The number of halogens is 1. The van der Waals surface area contributed by atoms with Gasteiger partial charge in [0, 0.05) is 18.4 Å². The molecular weight excluding hydrogens is 248 g/mol. The van der Waals surface area contributed by atoms with Crippen molar-refractivity contribution >= 4 is 28.3 Å². The van der Waals surface area contributed by atoms with Gasteiger partial charge >= 0.3 is 0 Å². The van der Waals surface area contributed by atoms with Gasteiger partial charge in [0.25, 0.3) is 0 Å². The summed E-state index contributed by atoms with van der Waals surface area (Å²) in [5, 5.41) is 4.49. The Labute approximate surface area is 112 Å². The second-order valence-corrected chi connectivity index (χ2v) is 4.54. The molecule has 96 valence electrons. The van der Waals surface area contributed by atoms with E-state index in [4.69, 9.17) is 16.3 Å². The van der Waals surface area contributed by atoms with Crippen LogP contribution in [0.15, 0.2) is 36.4 Å². The maximum atomic E-state index is 5.78. The first-order valence-electron chi connectivity index (χ1n) is 6.00. The molecule has 0 aliphatic carbocycles. The highest BCUT2D eigenvalue weighted by molar-refractivity contribution is 6.17. The van der Waals surface area contributed by atoms with Crippen LogP contribution < -0.4 is 5.32 Å². The maximum absolute atomic E-state index is 5.78. The molecule has 18 heavy (non-hydrogen) atoms. The molecule has 1 N–H and O–H groups in total. The van der Waals surface area contributed by atoms with Crippen LogP contribution in [0.4, 0.5) is 5.82 Å². The lowest BCUT2D eigenvalue weighted by Gasteiger charge is -2.17. The quantitative estimate of drug-likeness (QED) is 0.813. The van der Waals surface area contributed by atoms with E-state index in [1.165, 1.54) is 0 Å². The molecule has 1 unspecified atom stereocenters. The number of para-hydroxylation sites is 1. The minimum atomic E-state index is 0.196. The second kappa shape index (κ2) is 6.57. The Morgan fingerprint density at radius 3 is 2.89 bits per heavy atom. The summed E-state index contributed by atoms with van der Waals surface area (Å²) in [6.45, 7) is 0.626. The number of anilines is 1. The standard InChI is InChI=1S/C14H17ClN2O/c1-18-10-12(8-9-15)16-14-7-6-11-4-2-3-5-13(11)17-14/h2-7,12H,8-10H2,1H3,(H,16,17). The van der Waals surface area contributed by atoms with Crippen molar-refractivity contribution in [1.29, 1.82) is 0 Å². The lowest BCUT2D eigenvalue weighted by molar-refractivity contribution is 0.184. The number of ether oxygens (including phenoxy) is 1. The van der Waals surface area contributed by atoms with Gasteiger partial charge in [-0.15, -0.1) is 11.6 Å². The van der Waals surface area contributed by atoms with Crippen molar-refractivity contribution < 1.29 is 4.74 Å². The van der Waals surface area contributed by atoms with Crippen molar-refractivity contribution in [3.05, 3.63) is 36.4 Å². The summed E-state index contributed by atoms with van der Waals surface area (Å²) in [6.07, 6.45) is 0.851. The summed E-state index contributed by atoms with van der Waals surface area (Å²) in [7, 11) is 1.69. The highest BCUT2D eigenvalue weighted by Gasteiger charge is 2.08. The van der Waals surface area contributed by atoms with Crippen LogP contribution in [0.5, 0.6) is 0 Å². The van der Waals surface area contributed by atoms with Crippen LogP contribution in [-0.4, -0.2) is 30.6 Å². The molecule has 3 nitrogen and oxygen atoms in total. The number of hydrogen-bond acceptors (Lipinski definition) is 3. The van der Waals surface area contributed by atoms with E-state index < -0.39 is 0 Å². The first-order valence-corrected chi connectivity index (χ1v) is 6.54. The fraction of sp³-hybridized carbons (Fsp3) is 0.357. The molecule has 4 heteroatoms. The van der Waals surface area contributed by atoms with Gasteiger partial charge < -0.3 is 10.1 Å². The molecule has 1 atom stereocenters. The summed E-state index contributed by atoms with van der Waals surface area (Å²) in [6, 6.07) is 12.3. The zero-order chi connectivity index (χ0) is 12.8. The number of benzene rings is 1. The largest absolute Gasteiger partial charge is 0.383 e. The van der Waals surface area contributed by atoms with Gasteiger partial charge in [0.15, 0.2) is 0 Å². The molecule has 1 heterocycles. The van der Waals surface area contributed by atoms with Crippen LogP contribution in [0, 0.1) is 0 Å². The smallest absolute Gasteiger partial charge is 0.126 e. The third kappa shape index (κ3) is 3.34. The number of methoxy groups -OCH3 is 1. The zero-order valence-corrected chi connectivity index (χ0v) is 11.2. The minimum absolute atomic E-state index is 0.196. The van der Waals surface area contributed by atoms with Crippen molar-refractivity contribution in [2.24, 2.45) is 0 Å². The molecule has 0 radical (unpaired) electrons. The van der Waals surface area contributed by atoms with Crippen molar-refractivity contribution in [2.75, 3.05) is 24.9 Å². The predicted molar refractivity (Wildman–Crippen MR) is 76.4 cm³/mol. The van der Waals surface area contributed by atoms with E-state index in [2.05, 4.69) is 22.4 Å².